The van der Waals surface area contributed by atoms with Crippen LogP contribution in [0.1, 0.15) is 77.5 Å². The Morgan fingerprint density at radius 1 is 1.00 bits per heavy atom. The second kappa shape index (κ2) is 10.6. The number of amides is 1. The highest BCUT2D eigenvalue weighted by atomic mass is 16.6. The van der Waals surface area contributed by atoms with E-state index in [9.17, 15) is 9.59 Å². The maximum Gasteiger partial charge on any atom is 0.410 e. The van der Waals surface area contributed by atoms with Gasteiger partial charge in [-0.25, -0.2) is 4.79 Å². The van der Waals surface area contributed by atoms with Gasteiger partial charge in [-0.2, -0.15) is 0 Å². The van der Waals surface area contributed by atoms with E-state index in [4.69, 9.17) is 9.47 Å². The lowest BCUT2D eigenvalue weighted by atomic mass is 9.93. The van der Waals surface area contributed by atoms with Crippen molar-refractivity contribution in [2.75, 3.05) is 18.4 Å². The molecule has 37 heavy (non-hydrogen) atoms. The van der Waals surface area contributed by atoms with Crippen LogP contribution in [0.4, 0.5) is 10.5 Å². The number of nitrogens with one attached hydrogen (secondary N) is 1. The molecule has 6 heteroatoms. The third-order valence-electron chi connectivity index (χ3n) is 6.60. The summed E-state index contributed by atoms with van der Waals surface area (Å²) in [7, 11) is 0. The molecule has 1 aliphatic heterocycles. The first kappa shape index (κ1) is 26.8. The Balaban J connectivity index is 1.43. The minimum atomic E-state index is -0.542. The van der Waals surface area contributed by atoms with Crippen molar-refractivity contribution in [2.24, 2.45) is 5.41 Å². The van der Waals surface area contributed by atoms with Gasteiger partial charge in [0, 0.05) is 24.8 Å². The molecule has 1 amide bonds. The summed E-state index contributed by atoms with van der Waals surface area (Å²) in [6.07, 6.45) is 5.97. The van der Waals surface area contributed by atoms with Crippen LogP contribution in [0.5, 0.6) is 5.75 Å². The highest BCUT2D eigenvalue weighted by Gasteiger charge is 2.30. The van der Waals surface area contributed by atoms with Crippen LogP contribution in [0.2, 0.25) is 0 Å². The highest BCUT2D eigenvalue weighted by Crippen LogP contribution is 2.34. The number of fused-ring (bicyclic) bond motifs is 1. The summed E-state index contributed by atoms with van der Waals surface area (Å²) in [5.41, 5.74) is 4.79. The van der Waals surface area contributed by atoms with Crippen molar-refractivity contribution in [3.8, 4) is 5.75 Å². The Bertz CT molecular complexity index is 1170. The zero-order valence-corrected chi connectivity index (χ0v) is 23.0. The molecule has 4 rings (SSSR count). The summed E-state index contributed by atoms with van der Waals surface area (Å²) in [4.78, 5) is 26.5. The van der Waals surface area contributed by atoms with Gasteiger partial charge in [0.05, 0.1) is 5.41 Å². The third kappa shape index (κ3) is 6.94. The Labute approximate surface area is 221 Å². The molecule has 2 aliphatic rings. The van der Waals surface area contributed by atoms with Crippen LogP contribution >= 0.6 is 0 Å². The lowest BCUT2D eigenvalue weighted by Crippen LogP contribution is -2.36. The molecule has 2 aromatic carbocycles. The highest BCUT2D eigenvalue weighted by molar-refractivity contribution is 5.83. The fourth-order valence-electron chi connectivity index (χ4n) is 4.64. The van der Waals surface area contributed by atoms with Crippen LogP contribution in [0.25, 0.3) is 5.57 Å². The van der Waals surface area contributed by atoms with Crippen LogP contribution in [0.3, 0.4) is 0 Å². The fourth-order valence-corrected chi connectivity index (χ4v) is 4.64. The minimum absolute atomic E-state index is 0.199. The number of aryl methyl sites for hydroxylation is 1. The standard InChI is InChI=1S/C31H40N2O4/c1-30(2,3)28(34)36-25-15-16-27-22(19-25)9-7-8-10-26(27)21-11-13-23(14-12-21)32-24-17-18-33(20-24)29(35)37-31(4,5)6/h10-16,19,24,32H,7-9,17-18,20H2,1-6H3/t24-/m0/s1. The van der Waals surface area contributed by atoms with E-state index in [1.54, 1.807) is 4.90 Å². The van der Waals surface area contributed by atoms with Crippen LogP contribution in [0.15, 0.2) is 48.5 Å². The Morgan fingerprint density at radius 3 is 2.41 bits per heavy atom. The van der Waals surface area contributed by atoms with Crippen molar-refractivity contribution < 1.29 is 19.1 Å². The number of hydrogen-bond donors (Lipinski definition) is 1. The molecule has 6 nitrogen and oxygen atoms in total. The quantitative estimate of drug-likeness (QED) is 0.365. The number of carbonyl (C=O) groups is 2. The van der Waals surface area contributed by atoms with Gasteiger partial charge in [0.1, 0.15) is 11.4 Å². The average Bonchev–Trinajstić information content (AvgIpc) is 3.17. The van der Waals surface area contributed by atoms with Gasteiger partial charge in [0.2, 0.25) is 0 Å². The largest absolute Gasteiger partial charge is 0.444 e. The fraction of sp³-hybridized carbons (Fsp3) is 0.484. The molecular weight excluding hydrogens is 464 g/mol. The van der Waals surface area contributed by atoms with Crippen LogP contribution in [-0.2, 0) is 16.0 Å². The number of likely N-dealkylation sites (tertiary alicyclic amines) is 1. The first-order valence-corrected chi connectivity index (χ1v) is 13.3. The summed E-state index contributed by atoms with van der Waals surface area (Å²) in [5, 5.41) is 3.57. The molecule has 1 aliphatic carbocycles. The predicted molar refractivity (Wildman–Crippen MR) is 148 cm³/mol. The first-order valence-electron chi connectivity index (χ1n) is 13.3. The van der Waals surface area contributed by atoms with Gasteiger partial charge in [0.25, 0.3) is 0 Å². The number of anilines is 1. The number of allylic oxidation sites excluding steroid dienone is 1. The van der Waals surface area contributed by atoms with Gasteiger partial charge in [-0.1, -0.05) is 24.3 Å². The van der Waals surface area contributed by atoms with Gasteiger partial charge < -0.3 is 19.7 Å². The van der Waals surface area contributed by atoms with Gasteiger partial charge >= 0.3 is 12.1 Å². The average molecular weight is 505 g/mol. The zero-order valence-electron chi connectivity index (χ0n) is 23.0. The molecule has 1 N–H and O–H groups in total. The Morgan fingerprint density at radius 2 is 1.73 bits per heavy atom. The van der Waals surface area contributed by atoms with Gasteiger partial charge in [-0.05, 0) is 114 Å². The molecule has 1 atom stereocenters. The normalized spacial score (nSPS) is 17.9. The lowest BCUT2D eigenvalue weighted by molar-refractivity contribution is -0.143. The first-order chi connectivity index (χ1) is 17.4. The maximum absolute atomic E-state index is 12.4. The molecule has 198 valence electrons. The van der Waals surface area contributed by atoms with Gasteiger partial charge in [-0.3, -0.25) is 4.79 Å². The van der Waals surface area contributed by atoms with Gasteiger partial charge in [-0.15, -0.1) is 0 Å². The van der Waals surface area contributed by atoms with E-state index in [-0.39, 0.29) is 18.1 Å². The van der Waals surface area contributed by atoms with Crippen LogP contribution in [-0.4, -0.2) is 41.7 Å². The number of hydrogen-bond acceptors (Lipinski definition) is 5. The van der Waals surface area contributed by atoms with Crippen LogP contribution < -0.4 is 10.1 Å². The van der Waals surface area contributed by atoms with E-state index in [0.717, 1.165) is 36.9 Å². The predicted octanol–water partition coefficient (Wildman–Crippen LogP) is 6.83. The molecule has 0 saturated carbocycles. The van der Waals surface area contributed by atoms with Crippen molar-refractivity contribution in [1.82, 2.24) is 4.90 Å². The Hall–Kier alpha value is -3.28. The van der Waals surface area contributed by atoms with E-state index in [2.05, 4.69) is 41.7 Å². The Kier molecular flexibility index (Phi) is 7.67. The van der Waals surface area contributed by atoms with E-state index in [1.807, 2.05) is 53.7 Å². The summed E-state index contributed by atoms with van der Waals surface area (Å²) in [6, 6.07) is 14.7. The molecule has 0 radical (unpaired) electrons. The van der Waals surface area contributed by atoms with Crippen molar-refractivity contribution in [3.05, 3.63) is 65.2 Å². The van der Waals surface area contributed by atoms with E-state index in [1.165, 1.54) is 16.7 Å². The number of ether oxygens (including phenoxy) is 2. The molecule has 2 aromatic rings. The van der Waals surface area contributed by atoms with Crippen molar-refractivity contribution in [3.63, 3.8) is 0 Å². The number of esters is 1. The smallest absolute Gasteiger partial charge is 0.410 e. The molecule has 0 aromatic heterocycles. The topological polar surface area (TPSA) is 67.9 Å². The molecule has 0 bridgehead atoms. The van der Waals surface area contributed by atoms with Crippen LogP contribution in [0, 0.1) is 5.41 Å². The summed E-state index contributed by atoms with van der Waals surface area (Å²) < 4.78 is 11.2. The van der Waals surface area contributed by atoms with Crippen molar-refractivity contribution >= 4 is 23.3 Å². The maximum atomic E-state index is 12.4. The number of rotatable bonds is 4. The van der Waals surface area contributed by atoms with E-state index in [0.29, 0.717) is 18.8 Å². The zero-order chi connectivity index (χ0) is 26.8. The molecule has 0 spiro atoms. The van der Waals surface area contributed by atoms with E-state index < -0.39 is 11.0 Å². The lowest BCUT2D eigenvalue weighted by Gasteiger charge is -2.24. The number of nitrogens with zero attached hydrogens (tertiary/aromatic N) is 1. The minimum Gasteiger partial charge on any atom is -0.444 e. The monoisotopic (exact) mass is 504 g/mol. The summed E-state index contributed by atoms with van der Waals surface area (Å²) >= 11 is 0. The van der Waals surface area contributed by atoms with Gasteiger partial charge in [0.15, 0.2) is 0 Å². The third-order valence-corrected chi connectivity index (χ3v) is 6.60. The van der Waals surface area contributed by atoms with E-state index >= 15 is 0 Å². The molecule has 1 fully saturated rings. The summed E-state index contributed by atoms with van der Waals surface area (Å²) in [5.74, 6) is 0.382. The second-order valence-electron chi connectivity index (χ2n) is 12.1. The molecular formula is C31H40N2O4. The summed E-state index contributed by atoms with van der Waals surface area (Å²) in [6.45, 7) is 12.6. The second-order valence-corrected chi connectivity index (χ2v) is 12.1. The van der Waals surface area contributed by atoms with Crippen molar-refractivity contribution in [2.45, 2.75) is 78.9 Å². The molecule has 1 saturated heterocycles. The SMILES string of the molecule is CC(C)(C)OC(=O)N1CC[C@H](Nc2ccc(C3=CCCCc4cc(OC(=O)C(C)(C)C)ccc43)cc2)C1. The molecule has 1 heterocycles. The number of benzene rings is 2. The van der Waals surface area contributed by atoms with Crippen molar-refractivity contribution in [1.29, 1.82) is 0 Å². The number of carbonyl (C=O) groups excluding carboxylic acids is 2. The molecule has 0 unspecified atom stereocenters.